The lowest BCUT2D eigenvalue weighted by Gasteiger charge is -2.17. The van der Waals surface area contributed by atoms with E-state index in [1.54, 1.807) is 0 Å². The first-order valence-corrected chi connectivity index (χ1v) is 7.92. The fourth-order valence-corrected chi connectivity index (χ4v) is 3.22. The molecular weight excluding hydrogens is 325 g/mol. The van der Waals surface area contributed by atoms with Gasteiger partial charge in [0.05, 0.1) is 18.6 Å². The van der Waals surface area contributed by atoms with Crippen LogP contribution in [0, 0.1) is 11.7 Å². The van der Waals surface area contributed by atoms with E-state index in [0.29, 0.717) is 5.75 Å². The molecule has 25 heavy (non-hydrogen) atoms. The molecule has 0 spiro atoms. The number of benzene rings is 2. The van der Waals surface area contributed by atoms with Crippen LogP contribution in [-0.4, -0.2) is 42.1 Å². The fraction of sp³-hybridized carbons (Fsp3) is 0.263. The van der Waals surface area contributed by atoms with E-state index in [1.807, 2.05) is 30.3 Å². The summed E-state index contributed by atoms with van der Waals surface area (Å²) >= 11 is 0. The summed E-state index contributed by atoms with van der Waals surface area (Å²) in [6, 6.07) is 13.2. The lowest BCUT2D eigenvalue weighted by Crippen LogP contribution is -2.30. The maximum absolute atomic E-state index is 14.2. The number of amides is 1. The summed E-state index contributed by atoms with van der Waals surface area (Å²) in [5.74, 6) is -2.86. The number of carboxylic acid groups (broad SMARTS) is 1. The molecule has 2 aromatic rings. The standard InChI is InChI=1S/C19H18FNO4/c1-25-13-7-8-14(17(20)9-13)18(22)21-10-15(16(11-21)19(23)24)12-5-3-2-4-6-12/h2-9,15-16H,10-11H2,1H3,(H,23,24)/t15-,16-/m0/s1. The second-order valence-electron chi connectivity index (χ2n) is 6.02. The molecule has 0 radical (unpaired) electrons. The summed E-state index contributed by atoms with van der Waals surface area (Å²) in [7, 11) is 1.42. The number of carbonyl (C=O) groups excluding carboxylic acids is 1. The zero-order valence-corrected chi connectivity index (χ0v) is 13.7. The molecule has 1 saturated heterocycles. The molecule has 0 aromatic heterocycles. The van der Waals surface area contributed by atoms with E-state index >= 15 is 0 Å². The number of carbonyl (C=O) groups is 2. The Bertz CT molecular complexity index is 793. The number of nitrogens with zero attached hydrogens (tertiary/aromatic N) is 1. The minimum absolute atomic E-state index is 0.0548. The molecule has 0 unspecified atom stereocenters. The average Bonchev–Trinajstić information content (AvgIpc) is 3.07. The predicted molar refractivity (Wildman–Crippen MR) is 89.2 cm³/mol. The molecule has 0 bridgehead atoms. The molecule has 1 aliphatic rings. The molecule has 1 fully saturated rings. The number of hydrogen-bond donors (Lipinski definition) is 1. The van der Waals surface area contributed by atoms with E-state index in [4.69, 9.17) is 4.74 Å². The van der Waals surface area contributed by atoms with Crippen molar-refractivity contribution >= 4 is 11.9 Å². The van der Waals surface area contributed by atoms with Crippen LogP contribution in [0.4, 0.5) is 4.39 Å². The van der Waals surface area contributed by atoms with E-state index in [-0.39, 0.29) is 24.6 Å². The van der Waals surface area contributed by atoms with Crippen molar-refractivity contribution in [2.24, 2.45) is 5.92 Å². The van der Waals surface area contributed by atoms with Gasteiger partial charge in [-0.3, -0.25) is 9.59 Å². The number of rotatable bonds is 4. The fourth-order valence-electron chi connectivity index (χ4n) is 3.22. The number of halogens is 1. The van der Waals surface area contributed by atoms with Gasteiger partial charge in [0.15, 0.2) is 0 Å². The first-order valence-electron chi connectivity index (χ1n) is 7.92. The van der Waals surface area contributed by atoms with Crippen molar-refractivity contribution in [3.63, 3.8) is 0 Å². The van der Waals surface area contributed by atoms with Crippen molar-refractivity contribution in [3.05, 3.63) is 65.5 Å². The third kappa shape index (κ3) is 3.33. The van der Waals surface area contributed by atoms with Crippen molar-refractivity contribution in [1.29, 1.82) is 0 Å². The number of likely N-dealkylation sites (tertiary alicyclic amines) is 1. The lowest BCUT2D eigenvalue weighted by atomic mass is 9.89. The zero-order valence-electron chi connectivity index (χ0n) is 13.7. The smallest absolute Gasteiger partial charge is 0.308 e. The Morgan fingerprint density at radius 3 is 2.48 bits per heavy atom. The van der Waals surface area contributed by atoms with E-state index in [1.165, 1.54) is 24.1 Å². The SMILES string of the molecule is COc1ccc(C(=O)N2C[C@H](C(=O)O)[C@H](c3ccccc3)C2)c(F)c1. The molecule has 2 atom stereocenters. The molecule has 2 aromatic carbocycles. The molecular formula is C19H18FNO4. The van der Waals surface area contributed by atoms with Crippen LogP contribution in [-0.2, 0) is 4.79 Å². The summed E-state index contributed by atoms with van der Waals surface area (Å²) < 4.78 is 19.1. The predicted octanol–water partition coefficient (Wildman–Crippen LogP) is 2.77. The van der Waals surface area contributed by atoms with Crippen LogP contribution in [0.5, 0.6) is 5.75 Å². The third-order valence-electron chi connectivity index (χ3n) is 4.56. The quantitative estimate of drug-likeness (QED) is 0.927. The van der Waals surface area contributed by atoms with Gasteiger partial charge in [-0.2, -0.15) is 0 Å². The summed E-state index contributed by atoms with van der Waals surface area (Å²) in [6.45, 7) is 0.296. The molecule has 0 saturated carbocycles. The number of aliphatic carboxylic acids is 1. The van der Waals surface area contributed by atoms with E-state index in [2.05, 4.69) is 0 Å². The van der Waals surface area contributed by atoms with Crippen LogP contribution in [0.15, 0.2) is 48.5 Å². The van der Waals surface area contributed by atoms with Gasteiger partial charge in [0, 0.05) is 25.1 Å². The van der Waals surface area contributed by atoms with Crippen LogP contribution in [0.2, 0.25) is 0 Å². The van der Waals surface area contributed by atoms with Gasteiger partial charge in [-0.15, -0.1) is 0 Å². The van der Waals surface area contributed by atoms with Crippen molar-refractivity contribution in [2.75, 3.05) is 20.2 Å². The summed E-state index contributed by atoms with van der Waals surface area (Å²) in [5, 5.41) is 9.51. The van der Waals surface area contributed by atoms with Gasteiger partial charge in [-0.1, -0.05) is 30.3 Å². The first kappa shape index (κ1) is 17.0. The lowest BCUT2D eigenvalue weighted by molar-refractivity contribution is -0.141. The van der Waals surface area contributed by atoms with Gasteiger partial charge < -0.3 is 14.7 Å². The van der Waals surface area contributed by atoms with Crippen LogP contribution in [0.1, 0.15) is 21.8 Å². The van der Waals surface area contributed by atoms with Gasteiger partial charge in [0.1, 0.15) is 11.6 Å². The van der Waals surface area contributed by atoms with Gasteiger partial charge in [-0.25, -0.2) is 4.39 Å². The highest BCUT2D eigenvalue weighted by Crippen LogP contribution is 2.34. The Morgan fingerprint density at radius 2 is 1.88 bits per heavy atom. The van der Waals surface area contributed by atoms with Crippen molar-refractivity contribution < 1.29 is 23.8 Å². The van der Waals surface area contributed by atoms with Crippen LogP contribution < -0.4 is 4.74 Å². The van der Waals surface area contributed by atoms with Crippen LogP contribution in [0.25, 0.3) is 0 Å². The largest absolute Gasteiger partial charge is 0.497 e. The molecule has 3 rings (SSSR count). The molecule has 1 amide bonds. The average molecular weight is 343 g/mol. The van der Waals surface area contributed by atoms with Crippen molar-refractivity contribution in [2.45, 2.75) is 5.92 Å². The van der Waals surface area contributed by atoms with Crippen molar-refractivity contribution in [1.82, 2.24) is 4.90 Å². The number of hydrogen-bond acceptors (Lipinski definition) is 3. The molecule has 0 aliphatic carbocycles. The first-order chi connectivity index (χ1) is 12.0. The Hall–Kier alpha value is -2.89. The van der Waals surface area contributed by atoms with Gasteiger partial charge in [0.25, 0.3) is 5.91 Å². The Kier molecular flexibility index (Phi) is 4.70. The Balaban J connectivity index is 1.86. The molecule has 6 heteroatoms. The monoisotopic (exact) mass is 343 g/mol. The van der Waals surface area contributed by atoms with E-state index in [0.717, 1.165) is 11.6 Å². The highest BCUT2D eigenvalue weighted by Gasteiger charge is 2.41. The maximum Gasteiger partial charge on any atom is 0.308 e. The Labute approximate surface area is 144 Å². The highest BCUT2D eigenvalue weighted by atomic mass is 19.1. The van der Waals surface area contributed by atoms with Crippen molar-refractivity contribution in [3.8, 4) is 5.75 Å². The normalized spacial score (nSPS) is 19.7. The molecule has 1 N–H and O–H groups in total. The van der Waals surface area contributed by atoms with Gasteiger partial charge >= 0.3 is 5.97 Å². The summed E-state index contributed by atoms with van der Waals surface area (Å²) in [4.78, 5) is 25.7. The van der Waals surface area contributed by atoms with Crippen LogP contribution >= 0.6 is 0 Å². The second kappa shape index (κ2) is 6.93. The molecule has 130 valence electrons. The van der Waals surface area contributed by atoms with Gasteiger partial charge in [0.2, 0.25) is 0 Å². The zero-order chi connectivity index (χ0) is 18.0. The van der Waals surface area contributed by atoms with E-state index in [9.17, 15) is 19.1 Å². The van der Waals surface area contributed by atoms with Crippen LogP contribution in [0.3, 0.4) is 0 Å². The minimum Gasteiger partial charge on any atom is -0.497 e. The van der Waals surface area contributed by atoms with Gasteiger partial charge in [-0.05, 0) is 17.7 Å². The molecule has 1 heterocycles. The highest BCUT2D eigenvalue weighted by molar-refractivity contribution is 5.95. The minimum atomic E-state index is -0.959. The summed E-state index contributed by atoms with van der Waals surface area (Å²) in [6.07, 6.45) is 0. The summed E-state index contributed by atoms with van der Waals surface area (Å²) in [5.41, 5.74) is 0.777. The second-order valence-corrected chi connectivity index (χ2v) is 6.02. The number of ether oxygens (including phenoxy) is 1. The number of methoxy groups -OCH3 is 1. The van der Waals surface area contributed by atoms with E-state index < -0.39 is 23.6 Å². The molecule has 5 nitrogen and oxygen atoms in total. The number of carboxylic acids is 1. The topological polar surface area (TPSA) is 66.8 Å². The maximum atomic E-state index is 14.2. The molecule has 1 aliphatic heterocycles. The Morgan fingerprint density at radius 1 is 1.16 bits per heavy atom. The third-order valence-corrected chi connectivity index (χ3v) is 4.56.